The van der Waals surface area contributed by atoms with Gasteiger partial charge in [0, 0.05) is 23.0 Å². The van der Waals surface area contributed by atoms with Gasteiger partial charge in [0.15, 0.2) is 0 Å². The van der Waals surface area contributed by atoms with E-state index in [0.29, 0.717) is 6.04 Å². The number of hydrogen-bond acceptors (Lipinski definition) is 2. The summed E-state index contributed by atoms with van der Waals surface area (Å²) in [5, 5.41) is 4.52. The molecule has 1 aromatic carbocycles. The Morgan fingerprint density at radius 3 is 2.81 bits per heavy atom. The smallest absolute Gasteiger partial charge is 0.127 e. The molecule has 118 valence electrons. The number of hydrogen-bond donors (Lipinski definition) is 1. The van der Waals surface area contributed by atoms with Crippen molar-refractivity contribution in [2.75, 3.05) is 13.2 Å². The van der Waals surface area contributed by atoms with Crippen LogP contribution >= 0.6 is 11.6 Å². The van der Waals surface area contributed by atoms with E-state index in [1.807, 2.05) is 0 Å². The molecule has 1 heterocycles. The molecule has 2 rings (SSSR count). The van der Waals surface area contributed by atoms with Gasteiger partial charge in [-0.3, -0.25) is 0 Å². The maximum absolute atomic E-state index is 6.31. The van der Waals surface area contributed by atoms with Gasteiger partial charge in [-0.2, -0.15) is 0 Å². The Morgan fingerprint density at radius 2 is 2.05 bits per heavy atom. The summed E-state index contributed by atoms with van der Waals surface area (Å²) in [6.45, 7) is 6.29. The summed E-state index contributed by atoms with van der Waals surface area (Å²) in [6, 6.07) is 4.52. The molecule has 0 aliphatic carbocycles. The minimum atomic E-state index is 0.368. The minimum absolute atomic E-state index is 0.368. The monoisotopic (exact) mass is 309 g/mol. The van der Waals surface area contributed by atoms with Gasteiger partial charge in [0.2, 0.25) is 0 Å². The van der Waals surface area contributed by atoms with E-state index >= 15 is 0 Å². The number of unbranched alkanes of at least 4 members (excludes halogenated alkanes) is 3. The van der Waals surface area contributed by atoms with Crippen molar-refractivity contribution in [2.24, 2.45) is 0 Å². The van der Waals surface area contributed by atoms with Crippen LogP contribution in [0.15, 0.2) is 12.1 Å². The highest BCUT2D eigenvalue weighted by Crippen LogP contribution is 2.38. The van der Waals surface area contributed by atoms with Crippen molar-refractivity contribution in [1.82, 2.24) is 5.32 Å². The fourth-order valence-electron chi connectivity index (χ4n) is 3.02. The highest BCUT2D eigenvalue weighted by Gasteiger charge is 2.22. The minimum Gasteiger partial charge on any atom is -0.493 e. The van der Waals surface area contributed by atoms with Crippen LogP contribution in [0.3, 0.4) is 0 Å². The van der Waals surface area contributed by atoms with Gasteiger partial charge in [0.25, 0.3) is 0 Å². The first-order valence-electron chi connectivity index (χ1n) is 8.44. The molecule has 1 aliphatic heterocycles. The first kappa shape index (κ1) is 16.6. The van der Waals surface area contributed by atoms with Crippen molar-refractivity contribution in [1.29, 1.82) is 0 Å². The Bertz CT molecular complexity index is 447. The van der Waals surface area contributed by atoms with Crippen LogP contribution in [0.1, 0.15) is 69.5 Å². The summed E-state index contributed by atoms with van der Waals surface area (Å²) in [6.07, 6.45) is 8.47. The topological polar surface area (TPSA) is 21.3 Å². The molecule has 1 atom stereocenters. The lowest BCUT2D eigenvalue weighted by atomic mass is 9.96. The van der Waals surface area contributed by atoms with Crippen LogP contribution in [-0.4, -0.2) is 13.2 Å². The summed E-state index contributed by atoms with van der Waals surface area (Å²) >= 11 is 6.31. The molecule has 0 saturated heterocycles. The van der Waals surface area contributed by atoms with Crippen LogP contribution < -0.4 is 10.1 Å². The summed E-state index contributed by atoms with van der Waals surface area (Å²) in [5.41, 5.74) is 2.54. The Morgan fingerprint density at radius 1 is 1.19 bits per heavy atom. The van der Waals surface area contributed by atoms with E-state index in [4.69, 9.17) is 16.3 Å². The van der Waals surface area contributed by atoms with E-state index in [2.05, 4.69) is 31.3 Å². The van der Waals surface area contributed by atoms with Gasteiger partial charge in [-0.25, -0.2) is 0 Å². The van der Waals surface area contributed by atoms with Gasteiger partial charge in [-0.05, 0) is 37.1 Å². The second-order valence-corrected chi connectivity index (χ2v) is 6.37. The van der Waals surface area contributed by atoms with Gasteiger partial charge in [-0.1, -0.05) is 51.1 Å². The molecular weight excluding hydrogens is 282 g/mol. The maximum Gasteiger partial charge on any atom is 0.127 e. The quantitative estimate of drug-likeness (QED) is 0.626. The zero-order chi connectivity index (χ0) is 15.1. The highest BCUT2D eigenvalue weighted by atomic mass is 35.5. The lowest BCUT2D eigenvalue weighted by molar-refractivity contribution is 0.345. The number of fused-ring (bicyclic) bond motifs is 1. The van der Waals surface area contributed by atoms with Gasteiger partial charge >= 0.3 is 0 Å². The molecule has 0 amide bonds. The van der Waals surface area contributed by atoms with E-state index in [1.54, 1.807) is 0 Å². The van der Waals surface area contributed by atoms with Crippen LogP contribution in [0.2, 0.25) is 5.02 Å². The zero-order valence-corrected chi connectivity index (χ0v) is 14.1. The SMILES string of the molecule is CCCCCCC(NCCC)c1cc(Cl)cc2c1OCC2. The lowest BCUT2D eigenvalue weighted by Gasteiger charge is -2.21. The third-order valence-corrected chi connectivity index (χ3v) is 4.36. The van der Waals surface area contributed by atoms with Crippen molar-refractivity contribution >= 4 is 11.6 Å². The first-order chi connectivity index (χ1) is 10.3. The van der Waals surface area contributed by atoms with Crippen LogP contribution in [0.5, 0.6) is 5.75 Å². The average Bonchev–Trinajstić information content (AvgIpc) is 2.94. The Kier molecular flexibility index (Phi) is 6.85. The first-order valence-corrected chi connectivity index (χ1v) is 8.82. The summed E-state index contributed by atoms with van der Waals surface area (Å²) < 4.78 is 5.87. The summed E-state index contributed by atoms with van der Waals surface area (Å²) in [4.78, 5) is 0. The molecule has 0 saturated carbocycles. The average molecular weight is 310 g/mol. The molecule has 0 bridgehead atoms. The maximum atomic E-state index is 6.31. The van der Waals surface area contributed by atoms with Crippen molar-refractivity contribution in [3.8, 4) is 5.75 Å². The van der Waals surface area contributed by atoms with Crippen molar-refractivity contribution in [3.63, 3.8) is 0 Å². The molecule has 0 aromatic heterocycles. The molecule has 3 heteroatoms. The van der Waals surface area contributed by atoms with E-state index in [1.165, 1.54) is 36.8 Å². The molecule has 0 spiro atoms. The molecule has 21 heavy (non-hydrogen) atoms. The standard InChI is InChI=1S/C18H28ClNO/c1-3-5-6-7-8-17(20-10-4-2)16-13-15(19)12-14-9-11-21-18(14)16/h12-13,17,20H,3-11H2,1-2H3. The number of benzene rings is 1. The Labute approximate surface area is 134 Å². The van der Waals surface area contributed by atoms with Crippen molar-refractivity contribution in [2.45, 2.75) is 64.8 Å². The molecule has 2 nitrogen and oxygen atoms in total. The van der Waals surface area contributed by atoms with Gasteiger partial charge < -0.3 is 10.1 Å². The summed E-state index contributed by atoms with van der Waals surface area (Å²) in [7, 11) is 0. The molecule has 0 fully saturated rings. The third-order valence-electron chi connectivity index (χ3n) is 4.14. The van der Waals surface area contributed by atoms with E-state index < -0.39 is 0 Å². The van der Waals surface area contributed by atoms with E-state index in [-0.39, 0.29) is 0 Å². The van der Waals surface area contributed by atoms with E-state index in [0.717, 1.165) is 43.2 Å². The summed E-state index contributed by atoms with van der Waals surface area (Å²) in [5.74, 6) is 1.09. The van der Waals surface area contributed by atoms with Crippen LogP contribution in [0.4, 0.5) is 0 Å². The van der Waals surface area contributed by atoms with Crippen molar-refractivity contribution in [3.05, 3.63) is 28.3 Å². The molecular formula is C18H28ClNO. The zero-order valence-electron chi connectivity index (χ0n) is 13.4. The highest BCUT2D eigenvalue weighted by molar-refractivity contribution is 6.30. The van der Waals surface area contributed by atoms with Gasteiger partial charge in [-0.15, -0.1) is 0 Å². The van der Waals surface area contributed by atoms with Crippen LogP contribution in [-0.2, 0) is 6.42 Å². The predicted octanol–water partition coefficient (Wildman–Crippen LogP) is 5.29. The number of rotatable bonds is 9. The second-order valence-electron chi connectivity index (χ2n) is 5.94. The number of nitrogens with one attached hydrogen (secondary N) is 1. The van der Waals surface area contributed by atoms with Crippen LogP contribution in [0.25, 0.3) is 0 Å². The molecule has 1 N–H and O–H groups in total. The molecule has 0 radical (unpaired) electrons. The fourth-order valence-corrected chi connectivity index (χ4v) is 3.27. The van der Waals surface area contributed by atoms with Crippen LogP contribution in [0, 0.1) is 0 Å². The predicted molar refractivity (Wildman–Crippen MR) is 90.4 cm³/mol. The Balaban J connectivity index is 2.11. The molecule has 1 aromatic rings. The van der Waals surface area contributed by atoms with Gasteiger partial charge in [0.05, 0.1) is 6.61 Å². The largest absolute Gasteiger partial charge is 0.493 e. The third kappa shape index (κ3) is 4.62. The number of ether oxygens (including phenoxy) is 1. The second kappa shape index (κ2) is 8.65. The van der Waals surface area contributed by atoms with Gasteiger partial charge in [0.1, 0.15) is 5.75 Å². The lowest BCUT2D eigenvalue weighted by Crippen LogP contribution is -2.22. The van der Waals surface area contributed by atoms with E-state index in [9.17, 15) is 0 Å². The van der Waals surface area contributed by atoms with Crippen molar-refractivity contribution < 1.29 is 4.74 Å². The normalized spacial score (nSPS) is 14.8. The molecule has 1 aliphatic rings. The number of halogens is 1. The molecule has 1 unspecified atom stereocenters. The fraction of sp³-hybridized carbons (Fsp3) is 0.667. The Hall–Kier alpha value is -0.730.